The van der Waals surface area contributed by atoms with Crippen LogP contribution >= 0.6 is 0 Å². The molecule has 0 radical (unpaired) electrons. The highest BCUT2D eigenvalue weighted by Gasteiger charge is 2.17. The van der Waals surface area contributed by atoms with E-state index in [4.69, 9.17) is 11.5 Å². The average molecular weight is 270 g/mol. The number of aromatic amines is 1. The van der Waals surface area contributed by atoms with Gasteiger partial charge in [0.05, 0.1) is 5.56 Å². The van der Waals surface area contributed by atoms with Gasteiger partial charge in [0.25, 0.3) is 5.56 Å². The number of hydrogen-bond acceptors (Lipinski definition) is 4. The molecule has 0 aliphatic carbocycles. The minimum Gasteiger partial charge on any atom is -0.383 e. The fourth-order valence-electron chi connectivity index (χ4n) is 2.22. The zero-order valence-corrected chi connectivity index (χ0v) is 11.2. The summed E-state index contributed by atoms with van der Waals surface area (Å²) in [5.41, 5.74) is 12.6. The van der Waals surface area contributed by atoms with Crippen LogP contribution in [0.1, 0.15) is 23.5 Å². The fraction of sp³-hybridized carbons (Fsp3) is 0.200. The molecule has 0 saturated carbocycles. The van der Waals surface area contributed by atoms with Crippen molar-refractivity contribution in [1.82, 2.24) is 9.97 Å². The molecular weight excluding hydrogens is 252 g/mol. The normalized spacial score (nSPS) is 12.0. The lowest BCUT2D eigenvalue weighted by Gasteiger charge is -2.14. The lowest BCUT2D eigenvalue weighted by Crippen LogP contribution is -2.21. The van der Waals surface area contributed by atoms with Crippen LogP contribution in [0.15, 0.2) is 47.8 Å². The van der Waals surface area contributed by atoms with Crippen molar-refractivity contribution in [2.75, 3.05) is 11.5 Å². The van der Waals surface area contributed by atoms with Crippen LogP contribution in [-0.2, 0) is 6.42 Å². The molecule has 2 rings (SSSR count). The molecule has 0 aliphatic rings. The van der Waals surface area contributed by atoms with Crippen LogP contribution in [0.2, 0.25) is 0 Å². The van der Waals surface area contributed by atoms with Crippen molar-refractivity contribution in [3.05, 3.63) is 64.5 Å². The second-order valence-corrected chi connectivity index (χ2v) is 4.62. The first kappa shape index (κ1) is 13.9. The lowest BCUT2D eigenvalue weighted by atomic mass is 9.93. The number of nitrogens with zero attached hydrogens (tertiary/aromatic N) is 1. The van der Waals surface area contributed by atoms with Gasteiger partial charge in [0.1, 0.15) is 5.82 Å². The number of H-pyrrole nitrogens is 1. The highest BCUT2D eigenvalue weighted by Crippen LogP contribution is 2.23. The lowest BCUT2D eigenvalue weighted by molar-refractivity contribution is 0.726. The van der Waals surface area contributed by atoms with E-state index in [1.54, 1.807) is 6.08 Å². The Balaban J connectivity index is 2.21. The minimum atomic E-state index is -0.298. The molecule has 5 nitrogen and oxygen atoms in total. The van der Waals surface area contributed by atoms with E-state index in [9.17, 15) is 4.79 Å². The Bertz CT molecular complexity index is 649. The first-order chi connectivity index (χ1) is 9.61. The molecule has 0 fully saturated rings. The summed E-state index contributed by atoms with van der Waals surface area (Å²) in [7, 11) is 0. The molecule has 2 aromatic rings. The first-order valence-corrected chi connectivity index (χ1v) is 6.43. The predicted octanol–water partition coefficient (Wildman–Crippen LogP) is 1.84. The molecule has 0 aliphatic heterocycles. The van der Waals surface area contributed by atoms with Crippen LogP contribution in [0, 0.1) is 0 Å². The van der Waals surface area contributed by atoms with Gasteiger partial charge in [0.15, 0.2) is 0 Å². The number of nitrogens with two attached hydrogens (primary N) is 2. The smallest absolute Gasteiger partial charge is 0.258 e. The Morgan fingerprint density at radius 2 is 2.00 bits per heavy atom. The van der Waals surface area contributed by atoms with Crippen LogP contribution in [0.5, 0.6) is 0 Å². The molecule has 1 atom stereocenters. The van der Waals surface area contributed by atoms with Crippen LogP contribution < -0.4 is 17.0 Å². The van der Waals surface area contributed by atoms with E-state index in [1.807, 2.05) is 18.2 Å². The maximum absolute atomic E-state index is 12.0. The quantitative estimate of drug-likeness (QED) is 0.722. The van der Waals surface area contributed by atoms with Crippen molar-refractivity contribution >= 4 is 11.8 Å². The molecule has 5 N–H and O–H groups in total. The molecule has 1 heterocycles. The first-order valence-electron chi connectivity index (χ1n) is 6.43. The SMILES string of the molecule is C=CC(CCc1ccccc1)c1c(N)nc(N)[nH]c1=O. The van der Waals surface area contributed by atoms with Crippen LogP contribution in [0.4, 0.5) is 11.8 Å². The third kappa shape index (κ3) is 3.06. The molecular formula is C15H18N4O. The molecule has 0 bridgehead atoms. The summed E-state index contributed by atoms with van der Waals surface area (Å²) in [6.45, 7) is 3.79. The number of allylic oxidation sites excluding steroid dienone is 1. The van der Waals surface area contributed by atoms with Gasteiger partial charge in [0.2, 0.25) is 5.95 Å². The number of aromatic nitrogens is 2. The van der Waals surface area contributed by atoms with E-state index < -0.39 is 0 Å². The average Bonchev–Trinajstić information content (AvgIpc) is 2.42. The number of anilines is 2. The van der Waals surface area contributed by atoms with E-state index in [2.05, 4.69) is 28.7 Å². The van der Waals surface area contributed by atoms with Gasteiger partial charge in [-0.3, -0.25) is 9.78 Å². The number of nitrogen functional groups attached to an aromatic ring is 2. The molecule has 0 spiro atoms. The van der Waals surface area contributed by atoms with Crippen molar-refractivity contribution in [3.63, 3.8) is 0 Å². The summed E-state index contributed by atoms with van der Waals surface area (Å²) in [6.07, 6.45) is 3.30. The van der Waals surface area contributed by atoms with Crippen molar-refractivity contribution < 1.29 is 0 Å². The summed E-state index contributed by atoms with van der Waals surface area (Å²) in [5.74, 6) is 0.0541. The van der Waals surface area contributed by atoms with Crippen molar-refractivity contribution in [2.24, 2.45) is 0 Å². The molecule has 5 heteroatoms. The number of rotatable bonds is 5. The molecule has 1 aromatic heterocycles. The van der Waals surface area contributed by atoms with Gasteiger partial charge in [-0.05, 0) is 18.4 Å². The summed E-state index contributed by atoms with van der Waals surface area (Å²) in [5, 5.41) is 0. The molecule has 104 valence electrons. The van der Waals surface area contributed by atoms with E-state index in [1.165, 1.54) is 5.56 Å². The maximum atomic E-state index is 12.0. The van der Waals surface area contributed by atoms with E-state index in [-0.39, 0.29) is 23.2 Å². The van der Waals surface area contributed by atoms with Gasteiger partial charge >= 0.3 is 0 Å². The summed E-state index contributed by atoms with van der Waals surface area (Å²) >= 11 is 0. The van der Waals surface area contributed by atoms with Crippen molar-refractivity contribution in [3.8, 4) is 0 Å². The Morgan fingerprint density at radius 1 is 1.30 bits per heavy atom. The Morgan fingerprint density at radius 3 is 2.60 bits per heavy atom. The monoisotopic (exact) mass is 270 g/mol. The third-order valence-electron chi connectivity index (χ3n) is 3.25. The Labute approximate surface area is 117 Å². The van der Waals surface area contributed by atoms with Gasteiger partial charge < -0.3 is 11.5 Å². The van der Waals surface area contributed by atoms with Crippen LogP contribution in [0.3, 0.4) is 0 Å². The predicted molar refractivity (Wildman–Crippen MR) is 81.4 cm³/mol. The topological polar surface area (TPSA) is 97.8 Å². The number of benzene rings is 1. The largest absolute Gasteiger partial charge is 0.383 e. The number of nitrogens with one attached hydrogen (secondary N) is 1. The standard InChI is InChI=1S/C15H18N4O/c1-2-11(9-8-10-6-4-3-5-7-10)12-13(16)18-15(17)19-14(12)20/h2-7,11H,1,8-9H2,(H5,16,17,18,19,20). The molecule has 1 aromatic carbocycles. The molecule has 1 unspecified atom stereocenters. The molecule has 20 heavy (non-hydrogen) atoms. The molecule has 0 amide bonds. The zero-order valence-electron chi connectivity index (χ0n) is 11.2. The number of aryl methyl sites for hydroxylation is 1. The van der Waals surface area contributed by atoms with Crippen molar-refractivity contribution in [1.29, 1.82) is 0 Å². The fourth-order valence-corrected chi connectivity index (χ4v) is 2.22. The van der Waals surface area contributed by atoms with Gasteiger partial charge in [-0.15, -0.1) is 6.58 Å². The Hall–Kier alpha value is -2.56. The summed E-state index contributed by atoms with van der Waals surface area (Å²) in [6, 6.07) is 10.1. The van der Waals surface area contributed by atoms with Gasteiger partial charge in [-0.25, -0.2) is 0 Å². The van der Waals surface area contributed by atoms with Gasteiger partial charge in [0, 0.05) is 5.92 Å². The Kier molecular flexibility index (Phi) is 4.20. The van der Waals surface area contributed by atoms with Crippen LogP contribution in [-0.4, -0.2) is 9.97 Å². The highest BCUT2D eigenvalue weighted by atomic mass is 16.1. The van der Waals surface area contributed by atoms with Crippen molar-refractivity contribution in [2.45, 2.75) is 18.8 Å². The molecule has 0 saturated heterocycles. The van der Waals surface area contributed by atoms with Gasteiger partial charge in [-0.2, -0.15) is 4.98 Å². The summed E-state index contributed by atoms with van der Waals surface area (Å²) < 4.78 is 0. The second kappa shape index (κ2) is 6.06. The summed E-state index contributed by atoms with van der Waals surface area (Å²) in [4.78, 5) is 18.4. The second-order valence-electron chi connectivity index (χ2n) is 4.62. The van der Waals surface area contributed by atoms with E-state index in [0.717, 1.165) is 12.8 Å². The van der Waals surface area contributed by atoms with E-state index in [0.29, 0.717) is 5.56 Å². The van der Waals surface area contributed by atoms with Crippen LogP contribution in [0.25, 0.3) is 0 Å². The van der Waals surface area contributed by atoms with Gasteiger partial charge in [-0.1, -0.05) is 36.4 Å². The minimum absolute atomic E-state index is 0.0297. The maximum Gasteiger partial charge on any atom is 0.258 e. The third-order valence-corrected chi connectivity index (χ3v) is 3.25. The zero-order chi connectivity index (χ0) is 14.5. The number of hydrogen-bond donors (Lipinski definition) is 3. The van der Waals surface area contributed by atoms with E-state index >= 15 is 0 Å². The highest BCUT2D eigenvalue weighted by molar-refractivity contribution is 5.45.